The Morgan fingerprint density at radius 3 is 1.30 bits per heavy atom. The van der Waals surface area contributed by atoms with Gasteiger partial charge < -0.3 is 39.4 Å². The van der Waals surface area contributed by atoms with Crippen LogP contribution in [0.5, 0.6) is 0 Å². The van der Waals surface area contributed by atoms with Crippen LogP contribution in [0.1, 0.15) is 82.9 Å². The number of benzene rings is 6. The third-order valence-electron chi connectivity index (χ3n) is 14.4. The molecule has 0 saturated carbocycles. The first-order valence-electron chi connectivity index (χ1n) is 27.9. The van der Waals surface area contributed by atoms with Crippen LogP contribution in [-0.2, 0) is 67.5 Å². The smallest absolute Gasteiger partial charge is 0.331 e. The maximum atomic E-state index is 14.1. The molecule has 4 amide bonds. The van der Waals surface area contributed by atoms with Gasteiger partial charge >= 0.3 is 11.9 Å². The second-order valence-electron chi connectivity index (χ2n) is 20.5. The molecule has 2 heterocycles. The Labute approximate surface area is 483 Å². The molecule has 0 radical (unpaired) electrons. The summed E-state index contributed by atoms with van der Waals surface area (Å²) in [6.45, 7) is 5.24. The van der Waals surface area contributed by atoms with Crippen molar-refractivity contribution >= 4 is 47.1 Å². The molecule has 428 valence electrons. The van der Waals surface area contributed by atoms with E-state index in [4.69, 9.17) is 18.9 Å². The highest BCUT2D eigenvalue weighted by molar-refractivity contribution is 6.43. The van der Waals surface area contributed by atoms with Gasteiger partial charge in [-0.15, -0.1) is 0 Å². The van der Waals surface area contributed by atoms with Crippen LogP contribution in [0.2, 0.25) is 0 Å². The number of Topliss-reactive ketones (excluding diaryl/α,β-unsaturated/α-hetero) is 2. The number of esters is 2. The van der Waals surface area contributed by atoms with E-state index in [9.17, 15) is 38.4 Å². The first-order chi connectivity index (χ1) is 40.4. The van der Waals surface area contributed by atoms with E-state index < -0.39 is 71.3 Å². The molecule has 83 heavy (non-hydrogen) atoms. The zero-order valence-corrected chi connectivity index (χ0v) is 46.5. The average molecular weight is 1120 g/mol. The number of hydrogen-bond donors (Lipinski definition) is 2. The monoisotopic (exact) mass is 1120 g/mol. The molecule has 6 aromatic carbocycles. The Bertz CT molecular complexity index is 3240. The molecule has 2 fully saturated rings. The predicted octanol–water partition coefficient (Wildman–Crippen LogP) is 8.97. The fourth-order valence-electron chi connectivity index (χ4n) is 9.86. The zero-order chi connectivity index (χ0) is 58.5. The second kappa shape index (κ2) is 30.1. The molecule has 16 nitrogen and oxygen atoms in total. The van der Waals surface area contributed by atoms with Crippen molar-refractivity contribution in [1.29, 1.82) is 0 Å². The summed E-state index contributed by atoms with van der Waals surface area (Å²) in [5.41, 5.74) is 6.86. The summed E-state index contributed by atoms with van der Waals surface area (Å²) < 4.78 is 23.2. The fourth-order valence-corrected chi connectivity index (χ4v) is 9.86. The summed E-state index contributed by atoms with van der Waals surface area (Å²) in [6.07, 6.45) is 6.33. The van der Waals surface area contributed by atoms with Gasteiger partial charge in [-0.05, 0) is 90.0 Å². The minimum absolute atomic E-state index is 0.131. The minimum atomic E-state index is -1.28. The lowest BCUT2D eigenvalue weighted by molar-refractivity contribution is -0.152. The Kier molecular flexibility index (Phi) is 21.7. The molecule has 2 saturated heterocycles. The van der Waals surface area contributed by atoms with E-state index in [1.165, 1.54) is 9.80 Å². The molecular weight excluding hydrogens is 1050 g/mol. The topological polar surface area (TPSA) is 204 Å². The van der Waals surface area contributed by atoms with Crippen LogP contribution < -0.4 is 10.6 Å². The Hall–Kier alpha value is -9.12. The number of nitrogens with zero attached hydrogens (tertiary/aromatic N) is 2. The summed E-state index contributed by atoms with van der Waals surface area (Å²) in [4.78, 5) is 113. The summed E-state index contributed by atoms with van der Waals surface area (Å²) in [5, 5.41) is 5.50. The summed E-state index contributed by atoms with van der Waals surface area (Å²) in [6, 6.07) is 44.1. The van der Waals surface area contributed by atoms with Crippen LogP contribution in [0.3, 0.4) is 0 Å². The molecule has 0 spiro atoms. The Morgan fingerprint density at radius 1 is 0.494 bits per heavy atom. The van der Waals surface area contributed by atoms with Gasteiger partial charge in [-0.2, -0.15) is 0 Å². The first kappa shape index (κ1) is 60.0. The van der Waals surface area contributed by atoms with Crippen molar-refractivity contribution in [2.24, 2.45) is 0 Å². The lowest BCUT2D eigenvalue weighted by Crippen LogP contribution is -2.57. The molecule has 8 rings (SSSR count). The third kappa shape index (κ3) is 16.7. The molecule has 0 aliphatic carbocycles. The molecule has 2 aliphatic heterocycles. The molecule has 3 unspecified atom stereocenters. The van der Waals surface area contributed by atoms with Crippen molar-refractivity contribution in [2.75, 3.05) is 32.9 Å². The fraction of sp³-hybridized carbons (Fsp3) is 0.284. The molecule has 2 aliphatic rings. The molecule has 0 aromatic heterocycles. The van der Waals surface area contributed by atoms with E-state index in [-0.39, 0.29) is 76.7 Å². The highest BCUT2D eigenvalue weighted by Gasteiger charge is 2.39. The number of nitrogens with one attached hydrogen (secondary N) is 2. The van der Waals surface area contributed by atoms with Gasteiger partial charge in [-0.25, -0.2) is 9.59 Å². The van der Waals surface area contributed by atoms with Crippen molar-refractivity contribution in [3.63, 3.8) is 0 Å². The van der Waals surface area contributed by atoms with Gasteiger partial charge in [0.15, 0.2) is 12.1 Å². The molecule has 16 heteroatoms. The van der Waals surface area contributed by atoms with Gasteiger partial charge in [0, 0.05) is 24.2 Å². The number of ether oxygens (including phenoxy) is 4. The van der Waals surface area contributed by atoms with Gasteiger partial charge in [0.2, 0.25) is 23.4 Å². The van der Waals surface area contributed by atoms with Gasteiger partial charge in [0.1, 0.15) is 25.3 Å². The van der Waals surface area contributed by atoms with Crippen molar-refractivity contribution in [1.82, 2.24) is 20.4 Å². The SMILES string of the molecule is C=C/C=C(\C)COC[C@H](NC(=O)C1CCCCN1C(=O)C(=O)c1ccc(-c2ccccc2)cc1)C(=O)OCc1ccc(COC(=O)C(COCc2ccccc2)NC(=O)C2CCCCN2C(=O)C(=O)c2ccc(-c3ccccc3)cc2)cc1. The van der Waals surface area contributed by atoms with Crippen LogP contribution >= 0.6 is 0 Å². The van der Waals surface area contributed by atoms with Crippen LogP contribution in [-0.4, -0.2) is 114 Å². The van der Waals surface area contributed by atoms with Crippen molar-refractivity contribution in [3.05, 3.63) is 216 Å². The number of rotatable bonds is 25. The Balaban J connectivity index is 0.873. The minimum Gasteiger partial charge on any atom is -0.459 e. The molecule has 6 aromatic rings. The number of hydrogen-bond acceptors (Lipinski definition) is 12. The summed E-state index contributed by atoms with van der Waals surface area (Å²) >= 11 is 0. The first-order valence-corrected chi connectivity index (χ1v) is 27.9. The van der Waals surface area contributed by atoms with E-state index in [0.717, 1.165) is 33.4 Å². The number of amides is 4. The van der Waals surface area contributed by atoms with E-state index in [2.05, 4.69) is 17.2 Å². The molecule has 2 N–H and O–H groups in total. The van der Waals surface area contributed by atoms with Crippen LogP contribution in [0.25, 0.3) is 22.3 Å². The lowest BCUT2D eigenvalue weighted by Gasteiger charge is -2.35. The number of allylic oxidation sites excluding steroid dienone is 2. The average Bonchev–Trinajstić information content (AvgIpc) is 3.65. The third-order valence-corrected chi connectivity index (χ3v) is 14.4. The highest BCUT2D eigenvalue weighted by atomic mass is 16.5. The maximum absolute atomic E-state index is 14.1. The Morgan fingerprint density at radius 2 is 0.880 bits per heavy atom. The van der Waals surface area contributed by atoms with Crippen molar-refractivity contribution in [2.45, 2.75) is 89.4 Å². The number of ketones is 2. The van der Waals surface area contributed by atoms with Gasteiger partial charge in [-0.3, -0.25) is 28.8 Å². The number of likely N-dealkylation sites (tertiary alicyclic amines) is 2. The largest absolute Gasteiger partial charge is 0.459 e. The van der Waals surface area contributed by atoms with E-state index in [1.807, 2.05) is 97.9 Å². The molecular formula is C67H68N4O12. The van der Waals surface area contributed by atoms with E-state index >= 15 is 0 Å². The second-order valence-corrected chi connectivity index (χ2v) is 20.5. The quantitative estimate of drug-likeness (QED) is 0.0239. The van der Waals surface area contributed by atoms with Gasteiger partial charge in [0.25, 0.3) is 11.8 Å². The number of piperidine rings is 2. The van der Waals surface area contributed by atoms with Crippen molar-refractivity contribution in [3.8, 4) is 22.3 Å². The van der Waals surface area contributed by atoms with Crippen LogP contribution in [0, 0.1) is 0 Å². The summed E-state index contributed by atoms with van der Waals surface area (Å²) in [5.74, 6) is -5.96. The molecule has 4 atom stereocenters. The van der Waals surface area contributed by atoms with Gasteiger partial charge in [0.05, 0.1) is 26.4 Å². The maximum Gasteiger partial charge on any atom is 0.331 e. The van der Waals surface area contributed by atoms with Crippen molar-refractivity contribution < 1.29 is 57.3 Å². The van der Waals surface area contributed by atoms with Crippen LogP contribution in [0.4, 0.5) is 0 Å². The predicted molar refractivity (Wildman–Crippen MR) is 312 cm³/mol. The summed E-state index contributed by atoms with van der Waals surface area (Å²) in [7, 11) is 0. The van der Waals surface area contributed by atoms with E-state index in [0.29, 0.717) is 36.8 Å². The number of carbonyl (C=O) groups excluding carboxylic acids is 8. The van der Waals surface area contributed by atoms with Crippen LogP contribution in [0.15, 0.2) is 188 Å². The van der Waals surface area contributed by atoms with E-state index in [1.54, 1.807) is 84.9 Å². The lowest BCUT2D eigenvalue weighted by atomic mass is 9.98. The normalized spacial score (nSPS) is 15.9. The standard InChI is InChI=1S/C67H68N4O12/c1-3-17-46(2)40-80-44-56(68-62(74)58-24-13-15-38-70(58)64(76)60(72)54-34-30-52(31-35-54)50-20-9-5-10-21-50)66(78)82-42-48-26-28-49(29-27-48)43-83-67(79)57(45-81-41-47-18-7-4-8-19-47)69-63(75)59-25-14-16-39-71(59)65(77)61(73)55-36-32-53(33-37-55)51-22-11-6-12-23-51/h3-12,17-23,26-37,56-59H,1,13-16,24-25,38-45H2,2H3,(H,68,74)(H,69,75)/b46-17+/t56-,57?,58?,59?/m0/s1. The molecule has 0 bridgehead atoms. The van der Waals surface area contributed by atoms with Gasteiger partial charge in [-0.1, -0.05) is 183 Å². The number of carbonyl (C=O) groups is 8. The highest BCUT2D eigenvalue weighted by Crippen LogP contribution is 2.25. The zero-order valence-electron chi connectivity index (χ0n) is 46.5.